The first-order chi connectivity index (χ1) is 24.8. The maximum absolute atomic E-state index is 2.44. The van der Waals surface area contributed by atoms with Crippen molar-refractivity contribution in [1.29, 1.82) is 0 Å². The Morgan fingerprint density at radius 3 is 1.16 bits per heavy atom. The molecular weight excluding hydrogens is 605 g/mol. The van der Waals surface area contributed by atoms with Crippen LogP contribution in [-0.4, -0.2) is 4.57 Å². The molecule has 0 aliphatic carbocycles. The van der Waals surface area contributed by atoms with Crippen molar-refractivity contribution in [3.05, 3.63) is 206 Å². The van der Waals surface area contributed by atoms with Gasteiger partial charge < -0.3 is 9.47 Å². The van der Waals surface area contributed by atoms with Crippen molar-refractivity contribution in [3.8, 4) is 39.1 Å². The van der Waals surface area contributed by atoms with Crippen molar-refractivity contribution < 1.29 is 0 Å². The summed E-state index contributed by atoms with van der Waals surface area (Å²) in [5.41, 5.74) is 14.0. The molecule has 2 heteroatoms. The Morgan fingerprint density at radius 1 is 0.300 bits per heavy atom. The second-order valence-corrected chi connectivity index (χ2v) is 12.6. The van der Waals surface area contributed by atoms with Gasteiger partial charge in [-0.25, -0.2) is 0 Å². The molecule has 0 radical (unpaired) electrons. The van der Waals surface area contributed by atoms with E-state index in [4.69, 9.17) is 0 Å². The molecule has 0 spiro atoms. The predicted molar refractivity (Wildman–Crippen MR) is 212 cm³/mol. The molecule has 0 fully saturated rings. The van der Waals surface area contributed by atoms with Gasteiger partial charge in [-0.15, -0.1) is 0 Å². The Labute approximate surface area is 292 Å². The fraction of sp³-hybridized carbons (Fsp3) is 0. The Bertz CT molecular complexity index is 2410. The van der Waals surface area contributed by atoms with Gasteiger partial charge in [0.15, 0.2) is 0 Å². The Kier molecular flexibility index (Phi) is 7.53. The predicted octanol–water partition coefficient (Wildman–Crippen LogP) is 13.3. The number of para-hydroxylation sites is 2. The molecular formula is C48H34N2. The summed E-state index contributed by atoms with van der Waals surface area (Å²) in [5, 5.41) is 2.50. The van der Waals surface area contributed by atoms with Crippen LogP contribution < -0.4 is 4.90 Å². The fourth-order valence-corrected chi connectivity index (χ4v) is 7.20. The van der Waals surface area contributed by atoms with Crippen LogP contribution in [0.5, 0.6) is 0 Å². The van der Waals surface area contributed by atoms with E-state index >= 15 is 0 Å². The molecule has 9 aromatic rings. The first-order valence-electron chi connectivity index (χ1n) is 17.1. The minimum Gasteiger partial charge on any atom is -0.310 e. The van der Waals surface area contributed by atoms with Gasteiger partial charge in [-0.05, 0) is 76.3 Å². The summed E-state index contributed by atoms with van der Waals surface area (Å²) in [7, 11) is 0. The summed E-state index contributed by atoms with van der Waals surface area (Å²) in [5.74, 6) is 0. The van der Waals surface area contributed by atoms with Gasteiger partial charge in [0.2, 0.25) is 0 Å². The summed E-state index contributed by atoms with van der Waals surface area (Å²) in [6.07, 6.45) is 0. The number of rotatable bonds is 7. The standard InChI is InChI=1S/C48H34N2/c1-4-14-35(15-5-1)37-24-28-40(29-25-37)49(41-30-26-38(27-31-41)36-16-6-2-7-17-36)42-32-33-43(39-18-8-3-9-19-39)48(34-42)50-46-22-12-10-20-44(46)45-21-11-13-23-47(45)50/h1-34H. The van der Waals surface area contributed by atoms with Gasteiger partial charge in [-0.1, -0.05) is 158 Å². The monoisotopic (exact) mass is 638 g/mol. The molecule has 8 aromatic carbocycles. The van der Waals surface area contributed by atoms with E-state index in [-0.39, 0.29) is 0 Å². The highest BCUT2D eigenvalue weighted by Gasteiger charge is 2.20. The smallest absolute Gasteiger partial charge is 0.0561 e. The van der Waals surface area contributed by atoms with Gasteiger partial charge in [0.1, 0.15) is 0 Å². The Balaban J connectivity index is 1.26. The lowest BCUT2D eigenvalue weighted by molar-refractivity contribution is 1.17. The second-order valence-electron chi connectivity index (χ2n) is 12.6. The molecule has 1 heterocycles. The number of nitrogens with zero attached hydrogens (tertiary/aromatic N) is 2. The molecule has 0 saturated carbocycles. The molecule has 1 aromatic heterocycles. The van der Waals surface area contributed by atoms with E-state index in [1.54, 1.807) is 0 Å². The van der Waals surface area contributed by atoms with Crippen LogP contribution in [0.3, 0.4) is 0 Å². The first kappa shape index (κ1) is 29.5. The highest BCUT2D eigenvalue weighted by atomic mass is 15.1. The van der Waals surface area contributed by atoms with Gasteiger partial charge in [0.25, 0.3) is 0 Å². The zero-order chi connectivity index (χ0) is 33.3. The Hall–Kier alpha value is -6.64. The molecule has 236 valence electrons. The van der Waals surface area contributed by atoms with Crippen LogP contribution in [0.1, 0.15) is 0 Å². The van der Waals surface area contributed by atoms with Crippen LogP contribution in [0.4, 0.5) is 17.1 Å². The summed E-state index contributed by atoms with van der Waals surface area (Å²) in [6, 6.07) is 74.1. The number of hydrogen-bond donors (Lipinski definition) is 0. The van der Waals surface area contributed by atoms with Crippen molar-refractivity contribution in [2.24, 2.45) is 0 Å². The second kappa shape index (κ2) is 12.8. The molecule has 0 unspecified atom stereocenters. The van der Waals surface area contributed by atoms with Crippen LogP contribution in [0.15, 0.2) is 206 Å². The molecule has 0 aliphatic heterocycles. The van der Waals surface area contributed by atoms with Crippen molar-refractivity contribution >= 4 is 38.9 Å². The minimum atomic E-state index is 1.08. The van der Waals surface area contributed by atoms with Crippen molar-refractivity contribution in [1.82, 2.24) is 4.57 Å². The lowest BCUT2D eigenvalue weighted by Crippen LogP contribution is -2.11. The van der Waals surface area contributed by atoms with E-state index < -0.39 is 0 Å². The van der Waals surface area contributed by atoms with Gasteiger partial charge in [-0.3, -0.25) is 0 Å². The largest absolute Gasteiger partial charge is 0.310 e. The third-order valence-corrected chi connectivity index (χ3v) is 9.61. The molecule has 0 saturated heterocycles. The summed E-state index contributed by atoms with van der Waals surface area (Å²) in [6.45, 7) is 0. The molecule has 2 nitrogen and oxygen atoms in total. The van der Waals surface area contributed by atoms with E-state index in [1.165, 1.54) is 55.2 Å². The van der Waals surface area contributed by atoms with E-state index in [0.29, 0.717) is 0 Å². The van der Waals surface area contributed by atoms with Crippen LogP contribution in [0.2, 0.25) is 0 Å². The van der Waals surface area contributed by atoms with E-state index in [2.05, 4.69) is 216 Å². The SMILES string of the molecule is c1ccc(-c2ccc(N(c3ccc(-c4ccccc4)cc3)c3ccc(-c4ccccc4)c(-n4c5ccccc5c5ccccc54)c3)cc2)cc1. The van der Waals surface area contributed by atoms with Crippen molar-refractivity contribution in [2.45, 2.75) is 0 Å². The van der Waals surface area contributed by atoms with E-state index in [0.717, 1.165) is 22.7 Å². The average Bonchev–Trinajstić information content (AvgIpc) is 3.54. The zero-order valence-corrected chi connectivity index (χ0v) is 27.5. The quantitative estimate of drug-likeness (QED) is 0.169. The average molecular weight is 639 g/mol. The minimum absolute atomic E-state index is 1.08. The highest BCUT2D eigenvalue weighted by molar-refractivity contribution is 6.10. The molecule has 9 rings (SSSR count). The number of anilines is 3. The fourth-order valence-electron chi connectivity index (χ4n) is 7.20. The number of fused-ring (bicyclic) bond motifs is 3. The molecule has 0 atom stereocenters. The first-order valence-corrected chi connectivity index (χ1v) is 17.1. The van der Waals surface area contributed by atoms with Gasteiger partial charge in [0, 0.05) is 33.4 Å². The molecule has 0 N–H and O–H groups in total. The highest BCUT2D eigenvalue weighted by Crippen LogP contribution is 2.42. The lowest BCUT2D eigenvalue weighted by Gasteiger charge is -2.27. The van der Waals surface area contributed by atoms with Crippen LogP contribution >= 0.6 is 0 Å². The molecule has 0 amide bonds. The van der Waals surface area contributed by atoms with E-state index in [9.17, 15) is 0 Å². The van der Waals surface area contributed by atoms with Gasteiger partial charge in [-0.2, -0.15) is 0 Å². The number of benzene rings is 8. The molecule has 0 bridgehead atoms. The summed E-state index contributed by atoms with van der Waals surface area (Å²) < 4.78 is 2.44. The van der Waals surface area contributed by atoms with Crippen LogP contribution in [-0.2, 0) is 0 Å². The maximum atomic E-state index is 2.44. The van der Waals surface area contributed by atoms with Crippen molar-refractivity contribution in [2.75, 3.05) is 4.90 Å². The van der Waals surface area contributed by atoms with Gasteiger partial charge in [0.05, 0.1) is 16.7 Å². The number of aromatic nitrogens is 1. The topological polar surface area (TPSA) is 8.17 Å². The van der Waals surface area contributed by atoms with Gasteiger partial charge >= 0.3 is 0 Å². The van der Waals surface area contributed by atoms with Crippen molar-refractivity contribution in [3.63, 3.8) is 0 Å². The normalized spacial score (nSPS) is 11.2. The van der Waals surface area contributed by atoms with Crippen LogP contribution in [0, 0.1) is 0 Å². The number of hydrogen-bond acceptors (Lipinski definition) is 1. The third kappa shape index (κ3) is 5.34. The maximum Gasteiger partial charge on any atom is 0.0561 e. The summed E-state index contributed by atoms with van der Waals surface area (Å²) in [4.78, 5) is 2.37. The Morgan fingerprint density at radius 2 is 0.680 bits per heavy atom. The zero-order valence-electron chi connectivity index (χ0n) is 27.5. The van der Waals surface area contributed by atoms with E-state index in [1.807, 2.05) is 0 Å². The summed E-state index contributed by atoms with van der Waals surface area (Å²) >= 11 is 0. The lowest BCUT2D eigenvalue weighted by atomic mass is 10.0. The molecule has 0 aliphatic rings. The van der Waals surface area contributed by atoms with Crippen LogP contribution in [0.25, 0.3) is 60.9 Å². The third-order valence-electron chi connectivity index (χ3n) is 9.61. The molecule has 50 heavy (non-hydrogen) atoms.